The van der Waals surface area contributed by atoms with Crippen molar-refractivity contribution in [1.29, 1.82) is 0 Å². The van der Waals surface area contributed by atoms with E-state index in [4.69, 9.17) is 14.3 Å². The SMILES string of the molecule is COCCOC(=O)CON=CC(C)=Cc1ccccc1. The van der Waals surface area contributed by atoms with Crippen molar-refractivity contribution < 1.29 is 19.1 Å². The number of methoxy groups -OCH3 is 1. The Morgan fingerprint density at radius 2 is 2.00 bits per heavy atom. The summed E-state index contributed by atoms with van der Waals surface area (Å²) < 4.78 is 9.56. The zero-order valence-corrected chi connectivity index (χ0v) is 11.7. The molecule has 0 aliphatic heterocycles. The Morgan fingerprint density at radius 1 is 1.25 bits per heavy atom. The fourth-order valence-electron chi connectivity index (χ4n) is 1.34. The van der Waals surface area contributed by atoms with E-state index in [9.17, 15) is 4.79 Å². The van der Waals surface area contributed by atoms with Crippen molar-refractivity contribution in [2.75, 3.05) is 26.9 Å². The normalized spacial score (nSPS) is 11.6. The van der Waals surface area contributed by atoms with Crippen LogP contribution < -0.4 is 0 Å². The fourth-order valence-corrected chi connectivity index (χ4v) is 1.34. The van der Waals surface area contributed by atoms with Crippen LogP contribution in [0.5, 0.6) is 0 Å². The molecule has 0 aliphatic carbocycles. The van der Waals surface area contributed by atoms with E-state index >= 15 is 0 Å². The number of nitrogens with zero attached hydrogens (tertiary/aromatic N) is 1. The number of rotatable bonds is 8. The molecule has 0 atom stereocenters. The molecule has 5 nitrogen and oxygen atoms in total. The van der Waals surface area contributed by atoms with E-state index in [0.29, 0.717) is 6.61 Å². The van der Waals surface area contributed by atoms with Gasteiger partial charge in [-0.1, -0.05) is 41.6 Å². The van der Waals surface area contributed by atoms with Crippen LogP contribution in [-0.4, -0.2) is 39.1 Å². The fraction of sp³-hybridized carbons (Fsp3) is 0.333. The van der Waals surface area contributed by atoms with E-state index < -0.39 is 5.97 Å². The van der Waals surface area contributed by atoms with Crippen molar-refractivity contribution in [1.82, 2.24) is 0 Å². The number of hydrogen-bond acceptors (Lipinski definition) is 5. The quantitative estimate of drug-likeness (QED) is 0.316. The van der Waals surface area contributed by atoms with Gasteiger partial charge in [0.2, 0.25) is 6.61 Å². The Balaban J connectivity index is 2.27. The first-order chi connectivity index (χ1) is 9.72. The molecule has 1 rings (SSSR count). The second-order valence-corrected chi connectivity index (χ2v) is 4.02. The molecule has 0 spiro atoms. The van der Waals surface area contributed by atoms with Crippen LogP contribution in [0, 0.1) is 0 Å². The number of ether oxygens (including phenoxy) is 2. The second-order valence-electron chi connectivity index (χ2n) is 4.02. The van der Waals surface area contributed by atoms with E-state index in [0.717, 1.165) is 11.1 Å². The number of oxime groups is 1. The maximum atomic E-state index is 11.2. The van der Waals surface area contributed by atoms with Gasteiger partial charge in [0.05, 0.1) is 12.8 Å². The Morgan fingerprint density at radius 3 is 2.70 bits per heavy atom. The Bertz CT molecular complexity index is 454. The third-order valence-corrected chi connectivity index (χ3v) is 2.26. The summed E-state index contributed by atoms with van der Waals surface area (Å²) in [4.78, 5) is 16.0. The van der Waals surface area contributed by atoms with Crippen LogP contribution in [0.3, 0.4) is 0 Å². The highest BCUT2D eigenvalue weighted by Crippen LogP contribution is 2.04. The molecule has 0 unspecified atom stereocenters. The molecule has 1 aromatic rings. The van der Waals surface area contributed by atoms with Gasteiger partial charge < -0.3 is 14.3 Å². The number of carbonyl (C=O) groups excluding carboxylic acids is 1. The van der Waals surface area contributed by atoms with E-state index in [1.54, 1.807) is 6.21 Å². The van der Waals surface area contributed by atoms with Crippen molar-refractivity contribution >= 4 is 18.3 Å². The van der Waals surface area contributed by atoms with E-state index in [1.165, 1.54) is 7.11 Å². The minimum absolute atomic E-state index is 0.209. The van der Waals surface area contributed by atoms with Crippen LogP contribution in [0.25, 0.3) is 6.08 Å². The molecule has 0 aromatic heterocycles. The summed E-state index contributed by atoms with van der Waals surface area (Å²) in [6.07, 6.45) is 3.51. The van der Waals surface area contributed by atoms with E-state index in [-0.39, 0.29) is 13.2 Å². The molecule has 0 heterocycles. The summed E-state index contributed by atoms with van der Waals surface area (Å²) >= 11 is 0. The predicted molar refractivity (Wildman–Crippen MR) is 77.4 cm³/mol. The second kappa shape index (κ2) is 9.75. The number of carbonyl (C=O) groups is 1. The molecule has 0 bridgehead atoms. The van der Waals surface area contributed by atoms with Gasteiger partial charge in [-0.2, -0.15) is 0 Å². The summed E-state index contributed by atoms with van der Waals surface area (Å²) in [5.41, 5.74) is 2.00. The van der Waals surface area contributed by atoms with Crippen LogP contribution in [0.4, 0.5) is 0 Å². The standard InChI is InChI=1S/C15H19NO4/c1-13(10-14-6-4-3-5-7-14)11-16-20-12-15(17)19-9-8-18-2/h3-7,10-11H,8-9,12H2,1-2H3. The highest BCUT2D eigenvalue weighted by molar-refractivity contribution is 5.84. The Labute approximate surface area is 118 Å². The van der Waals surface area contributed by atoms with Crippen LogP contribution in [-0.2, 0) is 19.1 Å². The lowest BCUT2D eigenvalue weighted by molar-refractivity contribution is -0.150. The topological polar surface area (TPSA) is 57.1 Å². The molecule has 1 aromatic carbocycles. The predicted octanol–water partition coefficient (Wildman–Crippen LogP) is 2.28. The number of benzene rings is 1. The van der Waals surface area contributed by atoms with Crippen molar-refractivity contribution in [2.45, 2.75) is 6.92 Å². The Kier molecular flexibility index (Phi) is 7.76. The summed E-state index contributed by atoms with van der Waals surface area (Å²) in [7, 11) is 1.54. The first-order valence-electron chi connectivity index (χ1n) is 6.25. The smallest absolute Gasteiger partial charge is 0.347 e. The minimum atomic E-state index is -0.469. The molecule has 20 heavy (non-hydrogen) atoms. The molecule has 0 amide bonds. The molecule has 0 N–H and O–H groups in total. The number of esters is 1. The lowest BCUT2D eigenvalue weighted by Crippen LogP contribution is -2.14. The first kappa shape index (κ1) is 15.9. The van der Waals surface area contributed by atoms with Gasteiger partial charge in [-0.15, -0.1) is 0 Å². The lowest BCUT2D eigenvalue weighted by Gasteiger charge is -2.02. The lowest BCUT2D eigenvalue weighted by atomic mass is 10.1. The van der Waals surface area contributed by atoms with Crippen molar-refractivity contribution in [2.24, 2.45) is 5.16 Å². The molecular weight excluding hydrogens is 258 g/mol. The van der Waals surface area contributed by atoms with Gasteiger partial charge in [0.15, 0.2) is 0 Å². The average molecular weight is 277 g/mol. The average Bonchev–Trinajstić information content (AvgIpc) is 2.45. The largest absolute Gasteiger partial charge is 0.461 e. The van der Waals surface area contributed by atoms with E-state index in [2.05, 4.69) is 5.16 Å². The molecule has 108 valence electrons. The first-order valence-corrected chi connectivity index (χ1v) is 6.25. The van der Waals surface area contributed by atoms with Crippen molar-refractivity contribution in [3.8, 4) is 0 Å². The van der Waals surface area contributed by atoms with Crippen LogP contribution >= 0.6 is 0 Å². The van der Waals surface area contributed by atoms with Gasteiger partial charge in [0, 0.05) is 7.11 Å². The highest BCUT2D eigenvalue weighted by atomic mass is 16.7. The molecule has 0 fully saturated rings. The summed E-state index contributed by atoms with van der Waals surface area (Å²) in [5, 5.41) is 3.71. The van der Waals surface area contributed by atoms with Gasteiger partial charge in [-0.05, 0) is 18.1 Å². The zero-order chi connectivity index (χ0) is 14.6. The minimum Gasteiger partial charge on any atom is -0.461 e. The molecule has 0 aliphatic rings. The molecular formula is C15H19NO4. The number of hydrogen-bond donors (Lipinski definition) is 0. The zero-order valence-electron chi connectivity index (χ0n) is 11.7. The number of allylic oxidation sites excluding steroid dienone is 1. The van der Waals surface area contributed by atoms with Gasteiger partial charge in [0.1, 0.15) is 6.61 Å². The van der Waals surface area contributed by atoms with Crippen LogP contribution in [0.2, 0.25) is 0 Å². The van der Waals surface area contributed by atoms with Gasteiger partial charge in [0.25, 0.3) is 0 Å². The summed E-state index contributed by atoms with van der Waals surface area (Å²) in [6.45, 7) is 2.28. The van der Waals surface area contributed by atoms with Crippen molar-refractivity contribution in [3.63, 3.8) is 0 Å². The van der Waals surface area contributed by atoms with Crippen LogP contribution in [0.15, 0.2) is 41.1 Å². The monoisotopic (exact) mass is 277 g/mol. The molecule has 5 heteroatoms. The third-order valence-electron chi connectivity index (χ3n) is 2.26. The van der Waals surface area contributed by atoms with Gasteiger partial charge >= 0.3 is 5.97 Å². The van der Waals surface area contributed by atoms with E-state index in [1.807, 2.05) is 43.3 Å². The summed E-state index contributed by atoms with van der Waals surface area (Å²) in [5.74, 6) is -0.469. The molecule has 0 saturated heterocycles. The maximum Gasteiger partial charge on any atom is 0.347 e. The van der Waals surface area contributed by atoms with Gasteiger partial charge in [-0.3, -0.25) is 0 Å². The highest BCUT2D eigenvalue weighted by Gasteiger charge is 2.01. The maximum absolute atomic E-state index is 11.2. The van der Waals surface area contributed by atoms with Crippen LogP contribution in [0.1, 0.15) is 12.5 Å². The van der Waals surface area contributed by atoms with Gasteiger partial charge in [-0.25, -0.2) is 4.79 Å². The summed E-state index contributed by atoms with van der Waals surface area (Å²) in [6, 6.07) is 9.86. The third kappa shape index (κ3) is 7.33. The molecule has 0 radical (unpaired) electrons. The molecule has 0 saturated carbocycles. The van der Waals surface area contributed by atoms with Crippen molar-refractivity contribution in [3.05, 3.63) is 41.5 Å². The Hall–Kier alpha value is -2.14.